The highest BCUT2D eigenvalue weighted by atomic mass is 35.5. The Balaban J connectivity index is 2.65. The fourth-order valence-corrected chi connectivity index (χ4v) is 1.24. The van der Waals surface area contributed by atoms with Gasteiger partial charge in [0.25, 0.3) is 5.91 Å². The molecule has 0 aromatic heterocycles. The molecular weight excluding hydrogens is 212 g/mol. The van der Waals surface area contributed by atoms with Crippen molar-refractivity contribution in [2.45, 2.75) is 6.42 Å². The molecule has 0 radical (unpaired) electrons. The van der Waals surface area contributed by atoms with E-state index in [2.05, 4.69) is 11.9 Å². The maximum atomic E-state index is 11.5. The number of nitrogen functional groups attached to an aromatic ring is 1. The van der Waals surface area contributed by atoms with Gasteiger partial charge >= 0.3 is 0 Å². The molecule has 0 saturated heterocycles. The van der Waals surface area contributed by atoms with Crippen molar-refractivity contribution < 1.29 is 4.79 Å². The summed E-state index contributed by atoms with van der Waals surface area (Å²) in [5.74, 6) is -0.154. The summed E-state index contributed by atoms with van der Waals surface area (Å²) in [6.07, 6.45) is 2.49. The van der Waals surface area contributed by atoms with Crippen LogP contribution in [-0.4, -0.2) is 12.5 Å². The monoisotopic (exact) mass is 224 g/mol. The zero-order valence-corrected chi connectivity index (χ0v) is 9.05. The smallest absolute Gasteiger partial charge is 0.251 e. The average Bonchev–Trinajstić information content (AvgIpc) is 2.22. The topological polar surface area (TPSA) is 55.1 Å². The molecule has 0 unspecified atom stereocenters. The van der Waals surface area contributed by atoms with Crippen LogP contribution in [-0.2, 0) is 0 Å². The van der Waals surface area contributed by atoms with Crippen molar-refractivity contribution in [1.82, 2.24) is 5.32 Å². The van der Waals surface area contributed by atoms with Crippen LogP contribution in [0.2, 0.25) is 5.02 Å². The third kappa shape index (κ3) is 3.29. The van der Waals surface area contributed by atoms with Crippen molar-refractivity contribution in [3.8, 4) is 0 Å². The van der Waals surface area contributed by atoms with Crippen LogP contribution >= 0.6 is 11.6 Å². The van der Waals surface area contributed by atoms with Gasteiger partial charge in [0.2, 0.25) is 0 Å². The van der Waals surface area contributed by atoms with E-state index in [1.54, 1.807) is 24.3 Å². The molecule has 3 N–H and O–H groups in total. The SMILES string of the molecule is C=CCCNC(=O)c1ccc(N)c(Cl)c1. The number of hydrogen-bond acceptors (Lipinski definition) is 2. The van der Waals surface area contributed by atoms with E-state index < -0.39 is 0 Å². The molecule has 0 spiro atoms. The van der Waals surface area contributed by atoms with Crippen molar-refractivity contribution in [1.29, 1.82) is 0 Å². The minimum absolute atomic E-state index is 0.154. The van der Waals surface area contributed by atoms with Gasteiger partial charge in [-0.1, -0.05) is 17.7 Å². The number of nitrogens with two attached hydrogens (primary N) is 1. The maximum absolute atomic E-state index is 11.5. The van der Waals surface area contributed by atoms with Crippen molar-refractivity contribution in [2.24, 2.45) is 0 Å². The van der Waals surface area contributed by atoms with E-state index in [0.29, 0.717) is 22.8 Å². The predicted molar refractivity (Wildman–Crippen MR) is 63.0 cm³/mol. The summed E-state index contributed by atoms with van der Waals surface area (Å²) >= 11 is 5.80. The lowest BCUT2D eigenvalue weighted by atomic mass is 10.2. The number of rotatable bonds is 4. The Kier molecular flexibility index (Phi) is 4.18. The standard InChI is InChI=1S/C11H13ClN2O/c1-2-3-6-14-11(15)8-4-5-10(13)9(12)7-8/h2,4-5,7H,1,3,6,13H2,(H,14,15). The van der Waals surface area contributed by atoms with Gasteiger partial charge in [-0.25, -0.2) is 0 Å². The molecule has 0 saturated carbocycles. The molecule has 1 aromatic rings. The summed E-state index contributed by atoms with van der Waals surface area (Å²) in [4.78, 5) is 11.5. The number of halogens is 1. The molecule has 0 bridgehead atoms. The Hall–Kier alpha value is -1.48. The van der Waals surface area contributed by atoms with Gasteiger partial charge in [0.1, 0.15) is 0 Å². The molecule has 0 aliphatic carbocycles. The summed E-state index contributed by atoms with van der Waals surface area (Å²) in [5, 5.41) is 3.13. The van der Waals surface area contributed by atoms with Crippen molar-refractivity contribution in [3.05, 3.63) is 41.4 Å². The molecule has 1 amide bonds. The number of carbonyl (C=O) groups is 1. The first-order chi connectivity index (χ1) is 7.15. The number of nitrogens with one attached hydrogen (secondary N) is 1. The highest BCUT2D eigenvalue weighted by Gasteiger charge is 2.06. The molecule has 4 heteroatoms. The molecule has 80 valence electrons. The van der Waals surface area contributed by atoms with E-state index in [-0.39, 0.29) is 5.91 Å². The van der Waals surface area contributed by atoms with Crippen LogP contribution in [0.15, 0.2) is 30.9 Å². The first-order valence-electron chi connectivity index (χ1n) is 4.59. The van der Waals surface area contributed by atoms with Crippen LogP contribution in [0.5, 0.6) is 0 Å². The lowest BCUT2D eigenvalue weighted by Crippen LogP contribution is -2.24. The zero-order chi connectivity index (χ0) is 11.3. The van der Waals surface area contributed by atoms with Crippen LogP contribution in [0.1, 0.15) is 16.8 Å². The molecule has 3 nitrogen and oxygen atoms in total. The zero-order valence-electron chi connectivity index (χ0n) is 8.29. The second kappa shape index (κ2) is 5.41. The van der Waals surface area contributed by atoms with Crippen LogP contribution in [0.4, 0.5) is 5.69 Å². The van der Waals surface area contributed by atoms with Crippen molar-refractivity contribution in [2.75, 3.05) is 12.3 Å². The Morgan fingerprint density at radius 2 is 2.33 bits per heavy atom. The summed E-state index contributed by atoms with van der Waals surface area (Å²) < 4.78 is 0. The molecule has 0 aliphatic heterocycles. The Labute approximate surface area is 93.9 Å². The molecule has 1 rings (SSSR count). The van der Waals surface area contributed by atoms with Crippen LogP contribution in [0.25, 0.3) is 0 Å². The van der Waals surface area contributed by atoms with E-state index in [4.69, 9.17) is 17.3 Å². The van der Waals surface area contributed by atoms with E-state index >= 15 is 0 Å². The van der Waals surface area contributed by atoms with E-state index in [1.807, 2.05) is 0 Å². The molecule has 0 aliphatic rings. The Bertz CT molecular complexity index is 377. The highest BCUT2D eigenvalue weighted by molar-refractivity contribution is 6.33. The molecule has 1 aromatic carbocycles. The number of benzene rings is 1. The third-order valence-corrected chi connectivity index (χ3v) is 2.22. The van der Waals surface area contributed by atoms with Gasteiger partial charge in [-0.3, -0.25) is 4.79 Å². The quantitative estimate of drug-likeness (QED) is 0.468. The largest absolute Gasteiger partial charge is 0.398 e. The van der Waals surface area contributed by atoms with Gasteiger partial charge in [-0.05, 0) is 24.6 Å². The first-order valence-corrected chi connectivity index (χ1v) is 4.97. The average molecular weight is 225 g/mol. The lowest BCUT2D eigenvalue weighted by Gasteiger charge is -2.04. The summed E-state index contributed by atoms with van der Waals surface area (Å²) in [6.45, 7) is 4.14. The van der Waals surface area contributed by atoms with Gasteiger partial charge in [-0.2, -0.15) is 0 Å². The van der Waals surface area contributed by atoms with E-state index in [1.165, 1.54) is 0 Å². The van der Waals surface area contributed by atoms with Gasteiger partial charge in [0.15, 0.2) is 0 Å². The molecule has 0 fully saturated rings. The van der Waals surface area contributed by atoms with Gasteiger partial charge in [0.05, 0.1) is 10.7 Å². The third-order valence-electron chi connectivity index (χ3n) is 1.90. The number of carbonyl (C=O) groups excluding carboxylic acids is 1. The van der Waals surface area contributed by atoms with Gasteiger partial charge < -0.3 is 11.1 Å². The number of anilines is 1. The lowest BCUT2D eigenvalue weighted by molar-refractivity contribution is 0.0954. The number of amides is 1. The van der Waals surface area contributed by atoms with Crippen LogP contribution < -0.4 is 11.1 Å². The van der Waals surface area contributed by atoms with E-state index in [9.17, 15) is 4.79 Å². The van der Waals surface area contributed by atoms with Gasteiger partial charge in [0, 0.05) is 12.1 Å². The molecule has 0 heterocycles. The Morgan fingerprint density at radius 3 is 2.93 bits per heavy atom. The first kappa shape index (κ1) is 11.6. The Morgan fingerprint density at radius 1 is 1.60 bits per heavy atom. The maximum Gasteiger partial charge on any atom is 0.251 e. The molecule has 15 heavy (non-hydrogen) atoms. The van der Waals surface area contributed by atoms with Crippen LogP contribution in [0, 0.1) is 0 Å². The molecular formula is C11H13ClN2O. The normalized spacial score (nSPS) is 9.67. The van der Waals surface area contributed by atoms with Crippen molar-refractivity contribution in [3.63, 3.8) is 0 Å². The summed E-state index contributed by atoms with van der Waals surface area (Å²) in [5.41, 5.74) is 6.52. The summed E-state index contributed by atoms with van der Waals surface area (Å²) in [7, 11) is 0. The molecule has 0 atom stereocenters. The minimum Gasteiger partial charge on any atom is -0.398 e. The second-order valence-electron chi connectivity index (χ2n) is 3.07. The minimum atomic E-state index is -0.154. The summed E-state index contributed by atoms with van der Waals surface area (Å²) in [6, 6.07) is 4.81. The second-order valence-corrected chi connectivity index (χ2v) is 3.48. The highest BCUT2D eigenvalue weighted by Crippen LogP contribution is 2.19. The van der Waals surface area contributed by atoms with Crippen LogP contribution in [0.3, 0.4) is 0 Å². The fraction of sp³-hybridized carbons (Fsp3) is 0.182. The fourth-order valence-electron chi connectivity index (χ4n) is 1.06. The number of hydrogen-bond donors (Lipinski definition) is 2. The van der Waals surface area contributed by atoms with Gasteiger partial charge in [-0.15, -0.1) is 6.58 Å². The van der Waals surface area contributed by atoms with E-state index in [0.717, 1.165) is 6.42 Å². The van der Waals surface area contributed by atoms with Crippen molar-refractivity contribution >= 4 is 23.2 Å². The predicted octanol–water partition coefficient (Wildman–Crippen LogP) is 2.23.